The molecule has 3 N–H and O–H groups in total. The molecule has 0 aliphatic heterocycles. The van der Waals surface area contributed by atoms with Gasteiger partial charge in [-0.05, 0) is 22.0 Å². The van der Waals surface area contributed by atoms with Crippen molar-refractivity contribution in [2.24, 2.45) is 5.73 Å². The molecule has 0 aliphatic rings. The van der Waals surface area contributed by atoms with Crippen molar-refractivity contribution in [1.29, 1.82) is 0 Å². The number of hydrogen-bond acceptors (Lipinski definition) is 5. The Morgan fingerprint density at radius 3 is 2.67 bits per heavy atom. The molecule has 0 aromatic heterocycles. The topological polar surface area (TPSA) is 106 Å². The predicted molar refractivity (Wildman–Crippen MR) is 55.8 cm³/mol. The van der Waals surface area contributed by atoms with Crippen molar-refractivity contribution in [2.45, 2.75) is 0 Å². The third-order valence-corrected chi connectivity index (χ3v) is 2.35. The summed E-state index contributed by atoms with van der Waals surface area (Å²) in [4.78, 5) is 21.0. The third-order valence-electron chi connectivity index (χ3n) is 1.75. The maximum atomic E-state index is 11.2. The van der Waals surface area contributed by atoms with Gasteiger partial charge in [0.15, 0.2) is 5.78 Å². The van der Waals surface area contributed by atoms with Gasteiger partial charge in [-0.15, -0.1) is 0 Å². The lowest BCUT2D eigenvalue weighted by molar-refractivity contribution is -0.386. The highest BCUT2D eigenvalue weighted by atomic mass is 79.9. The molecule has 0 heterocycles. The molecule has 0 saturated carbocycles. The van der Waals surface area contributed by atoms with Crippen molar-refractivity contribution in [2.75, 3.05) is 6.54 Å². The number of benzene rings is 1. The van der Waals surface area contributed by atoms with Crippen LogP contribution < -0.4 is 5.73 Å². The van der Waals surface area contributed by atoms with Gasteiger partial charge in [-0.25, -0.2) is 0 Å². The molecule has 0 spiro atoms. The molecular weight excluding hydrogens is 268 g/mol. The predicted octanol–water partition coefficient (Wildman–Crippen LogP) is 1.20. The van der Waals surface area contributed by atoms with Gasteiger partial charge in [0, 0.05) is 11.6 Å². The van der Waals surface area contributed by atoms with Crippen LogP contribution in [0.2, 0.25) is 0 Å². The van der Waals surface area contributed by atoms with Crippen LogP contribution in [0.1, 0.15) is 10.4 Å². The molecule has 7 heteroatoms. The number of phenols is 1. The number of hydrogen-bond donors (Lipinski definition) is 2. The Balaban J connectivity index is 3.35. The summed E-state index contributed by atoms with van der Waals surface area (Å²) in [5.41, 5.74) is 4.69. The maximum Gasteiger partial charge on any atom is 0.312 e. The van der Waals surface area contributed by atoms with Crippen LogP contribution in [0, 0.1) is 10.1 Å². The molecule has 6 nitrogen and oxygen atoms in total. The van der Waals surface area contributed by atoms with Gasteiger partial charge in [-0.2, -0.15) is 0 Å². The Labute approximate surface area is 93.0 Å². The number of nitrogens with zero attached hydrogens (tertiary/aromatic N) is 1. The lowest BCUT2D eigenvalue weighted by atomic mass is 10.1. The highest BCUT2D eigenvalue weighted by Gasteiger charge is 2.19. The number of aromatic hydroxyl groups is 1. The number of rotatable bonds is 3. The standard InChI is InChI=1S/C8H7BrN2O4/c9-5-1-4(7(12)3-10)2-6(8(5)13)11(14)15/h1-2,13H,3,10H2. The van der Waals surface area contributed by atoms with Crippen molar-refractivity contribution < 1.29 is 14.8 Å². The van der Waals surface area contributed by atoms with Crippen LogP contribution in [0.5, 0.6) is 5.75 Å². The van der Waals surface area contributed by atoms with Crippen LogP contribution in [0.25, 0.3) is 0 Å². The normalized spacial score (nSPS) is 10.0. The summed E-state index contributed by atoms with van der Waals surface area (Å²) in [6.07, 6.45) is 0. The van der Waals surface area contributed by atoms with E-state index in [1.54, 1.807) is 0 Å². The van der Waals surface area contributed by atoms with E-state index in [0.29, 0.717) is 0 Å². The number of carbonyl (C=O) groups excluding carboxylic acids is 1. The molecule has 80 valence electrons. The molecule has 0 radical (unpaired) electrons. The van der Waals surface area contributed by atoms with Gasteiger partial charge in [0.1, 0.15) is 0 Å². The van der Waals surface area contributed by atoms with E-state index in [1.165, 1.54) is 6.07 Å². The minimum absolute atomic E-state index is 0.0912. The maximum absolute atomic E-state index is 11.2. The second-order valence-electron chi connectivity index (χ2n) is 2.71. The summed E-state index contributed by atoms with van der Waals surface area (Å²) in [6, 6.07) is 2.28. The Bertz CT molecular complexity index is 433. The first-order chi connectivity index (χ1) is 6.97. The molecule has 1 aromatic rings. The zero-order valence-corrected chi connectivity index (χ0v) is 9.02. The van der Waals surface area contributed by atoms with E-state index in [9.17, 15) is 20.0 Å². The molecule has 15 heavy (non-hydrogen) atoms. The van der Waals surface area contributed by atoms with Crippen LogP contribution in [0.3, 0.4) is 0 Å². The molecule has 0 saturated heterocycles. The highest BCUT2D eigenvalue weighted by Crippen LogP contribution is 2.34. The zero-order valence-electron chi connectivity index (χ0n) is 7.44. The highest BCUT2D eigenvalue weighted by molar-refractivity contribution is 9.10. The van der Waals surface area contributed by atoms with Crippen LogP contribution in [0.4, 0.5) is 5.69 Å². The first-order valence-electron chi connectivity index (χ1n) is 3.87. The fraction of sp³-hybridized carbons (Fsp3) is 0.125. The van der Waals surface area contributed by atoms with E-state index in [1.807, 2.05) is 0 Å². The summed E-state index contributed by atoms with van der Waals surface area (Å²) in [5, 5.41) is 19.8. The summed E-state index contributed by atoms with van der Waals surface area (Å²) in [7, 11) is 0. The lowest BCUT2D eigenvalue weighted by Crippen LogP contribution is -2.13. The molecule has 0 unspecified atom stereocenters. The van der Waals surface area contributed by atoms with Crippen molar-refractivity contribution >= 4 is 27.4 Å². The van der Waals surface area contributed by atoms with Gasteiger partial charge in [-0.1, -0.05) is 0 Å². The van der Waals surface area contributed by atoms with E-state index in [4.69, 9.17) is 5.73 Å². The van der Waals surface area contributed by atoms with Crippen LogP contribution >= 0.6 is 15.9 Å². The Morgan fingerprint density at radius 1 is 1.60 bits per heavy atom. The number of carbonyl (C=O) groups is 1. The number of nitro benzene ring substituents is 1. The molecule has 0 bridgehead atoms. The van der Waals surface area contributed by atoms with E-state index in [0.717, 1.165) is 6.07 Å². The van der Waals surface area contributed by atoms with Crippen molar-refractivity contribution in [3.05, 3.63) is 32.3 Å². The van der Waals surface area contributed by atoms with E-state index in [2.05, 4.69) is 15.9 Å². The summed E-state index contributed by atoms with van der Waals surface area (Å²) >= 11 is 2.92. The first-order valence-corrected chi connectivity index (χ1v) is 4.66. The van der Waals surface area contributed by atoms with Crippen LogP contribution in [-0.2, 0) is 0 Å². The van der Waals surface area contributed by atoms with E-state index in [-0.39, 0.29) is 16.6 Å². The molecule has 0 fully saturated rings. The third kappa shape index (κ3) is 2.31. The molecule has 0 aliphatic carbocycles. The first kappa shape index (κ1) is 11.6. The Hall–Kier alpha value is -1.47. The smallest absolute Gasteiger partial charge is 0.312 e. The number of Topliss-reactive ketones (excluding diaryl/α,β-unsaturated/α-hetero) is 1. The number of ketones is 1. The van der Waals surface area contributed by atoms with Crippen molar-refractivity contribution in [3.63, 3.8) is 0 Å². The summed E-state index contributed by atoms with van der Waals surface area (Å²) in [5.74, 6) is -0.938. The molecule has 0 amide bonds. The molecule has 0 atom stereocenters. The SMILES string of the molecule is NCC(=O)c1cc(Br)c(O)c([N+](=O)[O-])c1. The molecule has 1 aromatic carbocycles. The number of halogens is 1. The Kier molecular flexibility index (Phi) is 3.38. The quantitative estimate of drug-likeness (QED) is 0.489. The second kappa shape index (κ2) is 4.37. The number of nitro groups is 1. The van der Waals surface area contributed by atoms with Crippen molar-refractivity contribution in [3.8, 4) is 5.75 Å². The summed E-state index contributed by atoms with van der Waals surface area (Å²) < 4.78 is 0.0912. The minimum Gasteiger partial charge on any atom is -0.501 e. The van der Waals surface area contributed by atoms with Gasteiger partial charge >= 0.3 is 5.69 Å². The molecule has 1 rings (SSSR count). The van der Waals surface area contributed by atoms with Gasteiger partial charge in [-0.3, -0.25) is 14.9 Å². The monoisotopic (exact) mass is 274 g/mol. The van der Waals surface area contributed by atoms with Gasteiger partial charge in [0.2, 0.25) is 5.75 Å². The number of phenolic OH excluding ortho intramolecular Hbond substituents is 1. The fourth-order valence-corrected chi connectivity index (χ4v) is 1.45. The van der Waals surface area contributed by atoms with Crippen LogP contribution in [0.15, 0.2) is 16.6 Å². The van der Waals surface area contributed by atoms with E-state index < -0.39 is 22.1 Å². The number of nitrogens with two attached hydrogens (primary N) is 1. The van der Waals surface area contributed by atoms with Crippen LogP contribution in [-0.4, -0.2) is 22.4 Å². The Morgan fingerprint density at radius 2 is 2.20 bits per heavy atom. The second-order valence-corrected chi connectivity index (χ2v) is 3.56. The molecular formula is C8H7BrN2O4. The zero-order chi connectivity index (χ0) is 11.6. The summed E-state index contributed by atoms with van der Waals surface area (Å²) in [6.45, 7) is -0.242. The largest absolute Gasteiger partial charge is 0.501 e. The lowest BCUT2D eigenvalue weighted by Gasteiger charge is -2.02. The average Bonchev–Trinajstić information content (AvgIpc) is 2.20. The van der Waals surface area contributed by atoms with Gasteiger partial charge < -0.3 is 10.8 Å². The van der Waals surface area contributed by atoms with Gasteiger partial charge in [0.25, 0.3) is 0 Å². The van der Waals surface area contributed by atoms with Gasteiger partial charge in [0.05, 0.1) is 15.9 Å². The van der Waals surface area contributed by atoms with E-state index >= 15 is 0 Å². The minimum atomic E-state index is -0.770. The fourth-order valence-electron chi connectivity index (χ4n) is 1.00. The van der Waals surface area contributed by atoms with Crippen molar-refractivity contribution in [1.82, 2.24) is 0 Å². The average molecular weight is 275 g/mol.